The molecule has 1 aliphatic carbocycles. The highest BCUT2D eigenvalue weighted by Gasteiger charge is 2.35. The van der Waals surface area contributed by atoms with Crippen molar-refractivity contribution in [3.63, 3.8) is 0 Å². The number of rotatable bonds is 8. The van der Waals surface area contributed by atoms with Crippen molar-refractivity contribution in [3.05, 3.63) is 59.7 Å². The third-order valence-electron chi connectivity index (χ3n) is 6.41. The molecule has 33 heavy (non-hydrogen) atoms. The van der Waals surface area contributed by atoms with Gasteiger partial charge in [0.2, 0.25) is 0 Å². The van der Waals surface area contributed by atoms with E-state index in [2.05, 4.69) is 17.4 Å². The van der Waals surface area contributed by atoms with Crippen molar-refractivity contribution in [2.45, 2.75) is 37.3 Å². The molecule has 1 fully saturated rings. The molecule has 174 valence electrons. The molecule has 1 aliphatic heterocycles. The number of nitrogens with one attached hydrogen (secondary N) is 1. The van der Waals surface area contributed by atoms with Crippen LogP contribution < -0.4 is 5.32 Å². The Morgan fingerprint density at radius 3 is 2.33 bits per heavy atom. The predicted molar refractivity (Wildman–Crippen MR) is 121 cm³/mol. The first-order valence-electron chi connectivity index (χ1n) is 11.1. The molecule has 0 bridgehead atoms. The standard InChI is InChI=1S/C25H28N2O6/c1-32-22(24(30)27-12-6-7-16(27)13-23(28)29)14-26-25(31)33-15-21-19-10-4-2-8-17(19)18-9-3-5-11-20(18)21/h2-5,8-11,16,21-22H,6-7,12-15H2,1H3,(H,26,31)(H,28,29). The average Bonchev–Trinajstić information content (AvgIpc) is 3.40. The number of carboxylic acids is 1. The second-order valence-electron chi connectivity index (χ2n) is 8.36. The lowest BCUT2D eigenvalue weighted by Gasteiger charge is -2.27. The highest BCUT2D eigenvalue weighted by Crippen LogP contribution is 2.44. The fraction of sp³-hybridized carbons (Fsp3) is 0.400. The molecule has 2 aromatic rings. The van der Waals surface area contributed by atoms with E-state index in [9.17, 15) is 14.4 Å². The van der Waals surface area contributed by atoms with E-state index in [1.165, 1.54) is 7.11 Å². The largest absolute Gasteiger partial charge is 0.481 e. The highest BCUT2D eigenvalue weighted by atomic mass is 16.5. The molecule has 0 radical (unpaired) electrons. The van der Waals surface area contributed by atoms with Gasteiger partial charge in [-0.05, 0) is 35.1 Å². The number of hydrogen-bond donors (Lipinski definition) is 2. The number of nitrogens with zero attached hydrogens (tertiary/aromatic N) is 1. The molecule has 2 amide bonds. The molecule has 1 saturated heterocycles. The molecule has 2 N–H and O–H groups in total. The van der Waals surface area contributed by atoms with Crippen LogP contribution in [0.5, 0.6) is 0 Å². The fourth-order valence-corrected chi connectivity index (χ4v) is 4.82. The van der Waals surface area contributed by atoms with Gasteiger partial charge in [0.05, 0.1) is 13.0 Å². The summed E-state index contributed by atoms with van der Waals surface area (Å²) in [4.78, 5) is 37.9. The van der Waals surface area contributed by atoms with Crippen molar-refractivity contribution in [1.29, 1.82) is 0 Å². The van der Waals surface area contributed by atoms with Gasteiger partial charge in [-0.25, -0.2) is 4.79 Å². The number of aliphatic carboxylic acids is 1. The summed E-state index contributed by atoms with van der Waals surface area (Å²) in [6, 6.07) is 15.8. The molecule has 4 rings (SSSR count). The van der Waals surface area contributed by atoms with E-state index in [-0.39, 0.29) is 37.4 Å². The second kappa shape index (κ2) is 10.0. The second-order valence-corrected chi connectivity index (χ2v) is 8.36. The number of carbonyl (C=O) groups is 3. The minimum Gasteiger partial charge on any atom is -0.481 e. The van der Waals surface area contributed by atoms with Gasteiger partial charge in [-0.1, -0.05) is 48.5 Å². The number of methoxy groups -OCH3 is 1. The lowest BCUT2D eigenvalue weighted by molar-refractivity contribution is -0.144. The molecule has 2 aromatic carbocycles. The Labute approximate surface area is 192 Å². The SMILES string of the molecule is COC(CNC(=O)OCC1c2ccccc2-c2ccccc21)C(=O)N1CCCC1CC(=O)O. The summed E-state index contributed by atoms with van der Waals surface area (Å²) >= 11 is 0. The lowest BCUT2D eigenvalue weighted by Crippen LogP contribution is -2.48. The van der Waals surface area contributed by atoms with Crippen LogP contribution in [0.1, 0.15) is 36.3 Å². The number of amides is 2. The Kier molecular flexibility index (Phi) is 6.93. The van der Waals surface area contributed by atoms with E-state index < -0.39 is 18.2 Å². The Balaban J connectivity index is 1.33. The zero-order chi connectivity index (χ0) is 23.4. The van der Waals surface area contributed by atoms with Gasteiger partial charge in [0, 0.05) is 25.6 Å². The quantitative estimate of drug-likeness (QED) is 0.638. The molecule has 2 unspecified atom stereocenters. The van der Waals surface area contributed by atoms with E-state index in [1.54, 1.807) is 4.90 Å². The van der Waals surface area contributed by atoms with Crippen molar-refractivity contribution in [2.24, 2.45) is 0 Å². The summed E-state index contributed by atoms with van der Waals surface area (Å²) in [6.07, 6.45) is -0.231. The molecular formula is C25H28N2O6. The molecular weight excluding hydrogens is 424 g/mol. The zero-order valence-electron chi connectivity index (χ0n) is 18.5. The molecule has 0 saturated carbocycles. The van der Waals surface area contributed by atoms with Crippen molar-refractivity contribution < 1.29 is 29.0 Å². The van der Waals surface area contributed by atoms with Crippen molar-refractivity contribution >= 4 is 18.0 Å². The predicted octanol–water partition coefficient (Wildman–Crippen LogP) is 3.01. The Morgan fingerprint density at radius 2 is 1.73 bits per heavy atom. The summed E-state index contributed by atoms with van der Waals surface area (Å²) in [5.74, 6) is -1.31. The van der Waals surface area contributed by atoms with Crippen molar-refractivity contribution in [1.82, 2.24) is 10.2 Å². The van der Waals surface area contributed by atoms with Crippen LogP contribution in [0.2, 0.25) is 0 Å². The first-order valence-corrected chi connectivity index (χ1v) is 11.1. The lowest BCUT2D eigenvalue weighted by atomic mass is 9.98. The van der Waals surface area contributed by atoms with Gasteiger partial charge in [0.25, 0.3) is 5.91 Å². The van der Waals surface area contributed by atoms with E-state index >= 15 is 0 Å². The van der Waals surface area contributed by atoms with Gasteiger partial charge in [-0.3, -0.25) is 9.59 Å². The van der Waals surface area contributed by atoms with Crippen LogP contribution in [0.25, 0.3) is 11.1 Å². The number of fused-ring (bicyclic) bond motifs is 3. The van der Waals surface area contributed by atoms with Crippen molar-refractivity contribution in [2.75, 3.05) is 26.8 Å². The van der Waals surface area contributed by atoms with Gasteiger partial charge >= 0.3 is 12.1 Å². The first-order chi connectivity index (χ1) is 16.0. The van der Waals surface area contributed by atoms with Crippen LogP contribution in [0.3, 0.4) is 0 Å². The molecule has 1 heterocycles. The van der Waals surface area contributed by atoms with Crippen LogP contribution in [-0.2, 0) is 19.1 Å². The number of hydrogen-bond acceptors (Lipinski definition) is 5. The van der Waals surface area contributed by atoms with E-state index in [4.69, 9.17) is 14.6 Å². The van der Waals surface area contributed by atoms with E-state index in [1.807, 2.05) is 36.4 Å². The maximum atomic E-state index is 12.8. The fourth-order valence-electron chi connectivity index (χ4n) is 4.82. The molecule has 8 heteroatoms. The number of alkyl carbamates (subject to hydrolysis) is 1. The topological polar surface area (TPSA) is 105 Å². The van der Waals surface area contributed by atoms with Gasteiger partial charge in [-0.15, -0.1) is 0 Å². The Hall–Kier alpha value is -3.39. The number of carbonyl (C=O) groups excluding carboxylic acids is 2. The third kappa shape index (κ3) is 4.85. The normalized spacial score (nSPS) is 17.8. The smallest absolute Gasteiger partial charge is 0.407 e. The molecule has 2 aliphatic rings. The molecule has 2 atom stereocenters. The summed E-state index contributed by atoms with van der Waals surface area (Å²) in [6.45, 7) is 0.613. The third-order valence-corrected chi connectivity index (χ3v) is 6.41. The molecule has 0 aromatic heterocycles. The number of carboxylic acid groups (broad SMARTS) is 1. The minimum atomic E-state index is -0.939. The van der Waals surface area contributed by atoms with Crippen LogP contribution in [0.4, 0.5) is 4.79 Å². The van der Waals surface area contributed by atoms with Gasteiger partial charge in [0.15, 0.2) is 6.10 Å². The van der Waals surface area contributed by atoms with Crippen LogP contribution in [-0.4, -0.2) is 66.9 Å². The summed E-state index contributed by atoms with van der Waals surface area (Å²) < 4.78 is 10.8. The van der Waals surface area contributed by atoms with Gasteiger partial charge in [-0.2, -0.15) is 0 Å². The molecule has 0 spiro atoms. The maximum absolute atomic E-state index is 12.8. The van der Waals surface area contributed by atoms with Gasteiger partial charge in [0.1, 0.15) is 6.61 Å². The van der Waals surface area contributed by atoms with Gasteiger partial charge < -0.3 is 24.8 Å². The summed E-state index contributed by atoms with van der Waals surface area (Å²) in [5.41, 5.74) is 4.53. The van der Waals surface area contributed by atoms with Crippen LogP contribution in [0, 0.1) is 0 Å². The van der Waals surface area contributed by atoms with Crippen molar-refractivity contribution in [3.8, 4) is 11.1 Å². The van der Waals surface area contributed by atoms with Crippen LogP contribution >= 0.6 is 0 Å². The Bertz CT molecular complexity index is 994. The average molecular weight is 453 g/mol. The number of ether oxygens (including phenoxy) is 2. The summed E-state index contributed by atoms with van der Waals surface area (Å²) in [7, 11) is 1.39. The number of benzene rings is 2. The maximum Gasteiger partial charge on any atom is 0.407 e. The minimum absolute atomic E-state index is 0.0515. The van der Waals surface area contributed by atoms with E-state index in [0.717, 1.165) is 28.7 Å². The molecule has 8 nitrogen and oxygen atoms in total. The zero-order valence-corrected chi connectivity index (χ0v) is 18.5. The monoisotopic (exact) mass is 452 g/mol. The summed E-state index contributed by atoms with van der Waals surface area (Å²) in [5, 5.41) is 11.7. The highest BCUT2D eigenvalue weighted by molar-refractivity contribution is 5.83. The van der Waals surface area contributed by atoms with Crippen LogP contribution in [0.15, 0.2) is 48.5 Å². The first kappa shape index (κ1) is 22.8. The van der Waals surface area contributed by atoms with E-state index in [0.29, 0.717) is 13.0 Å². The number of likely N-dealkylation sites (tertiary alicyclic amines) is 1. The Morgan fingerprint density at radius 1 is 1.09 bits per heavy atom.